The minimum Gasteiger partial charge on any atom is -0.391 e. The van der Waals surface area contributed by atoms with Crippen molar-refractivity contribution in [2.45, 2.75) is 12.5 Å². The molecule has 17 heavy (non-hydrogen) atoms. The number of aliphatic hydroxyl groups excluding tert-OH is 1. The molecule has 5 nitrogen and oxygen atoms in total. The molecule has 0 saturated carbocycles. The van der Waals surface area contributed by atoms with Gasteiger partial charge in [0.2, 0.25) is 0 Å². The van der Waals surface area contributed by atoms with Gasteiger partial charge in [0.1, 0.15) is 0 Å². The molecular formula is C11H22N2O3S. The van der Waals surface area contributed by atoms with Crippen LogP contribution in [-0.2, 0) is 9.84 Å². The van der Waals surface area contributed by atoms with Crippen molar-refractivity contribution in [3.05, 3.63) is 0 Å². The Morgan fingerprint density at radius 3 is 2.47 bits per heavy atom. The SMILES string of the molecule is CN1CCN(CC(O)C2CCS(=O)(=O)C2)CC1. The molecule has 0 aromatic carbocycles. The minimum absolute atomic E-state index is 0.0559. The first kappa shape index (κ1) is 13.3. The zero-order valence-electron chi connectivity index (χ0n) is 10.4. The molecule has 6 heteroatoms. The first-order valence-electron chi connectivity index (χ1n) is 6.26. The van der Waals surface area contributed by atoms with Crippen molar-refractivity contribution >= 4 is 9.84 Å². The van der Waals surface area contributed by atoms with Gasteiger partial charge in [-0.15, -0.1) is 0 Å². The highest BCUT2D eigenvalue weighted by Gasteiger charge is 2.33. The zero-order valence-corrected chi connectivity index (χ0v) is 11.2. The molecule has 2 heterocycles. The van der Waals surface area contributed by atoms with Gasteiger partial charge >= 0.3 is 0 Å². The highest BCUT2D eigenvalue weighted by molar-refractivity contribution is 7.91. The summed E-state index contributed by atoms with van der Waals surface area (Å²) in [5, 5.41) is 10.1. The summed E-state index contributed by atoms with van der Waals surface area (Å²) in [5.41, 5.74) is 0. The minimum atomic E-state index is -2.88. The number of piperazine rings is 1. The van der Waals surface area contributed by atoms with Crippen LogP contribution >= 0.6 is 0 Å². The average molecular weight is 262 g/mol. The monoisotopic (exact) mass is 262 g/mol. The van der Waals surface area contributed by atoms with Crippen LogP contribution in [0.25, 0.3) is 0 Å². The highest BCUT2D eigenvalue weighted by Crippen LogP contribution is 2.22. The normalized spacial score (nSPS) is 32.7. The van der Waals surface area contributed by atoms with E-state index < -0.39 is 15.9 Å². The third-order valence-electron chi connectivity index (χ3n) is 3.85. The van der Waals surface area contributed by atoms with Crippen LogP contribution in [0, 0.1) is 5.92 Å². The fourth-order valence-corrected chi connectivity index (χ4v) is 4.44. The predicted octanol–water partition coefficient (Wildman–Crippen LogP) is -0.971. The van der Waals surface area contributed by atoms with Crippen LogP contribution in [0.15, 0.2) is 0 Å². The number of hydrogen-bond donors (Lipinski definition) is 1. The third-order valence-corrected chi connectivity index (χ3v) is 5.65. The van der Waals surface area contributed by atoms with E-state index in [0.717, 1.165) is 26.2 Å². The first-order chi connectivity index (χ1) is 7.96. The van der Waals surface area contributed by atoms with Gasteiger partial charge in [0.15, 0.2) is 9.84 Å². The molecule has 1 N–H and O–H groups in total. The number of rotatable bonds is 3. The van der Waals surface area contributed by atoms with Gasteiger partial charge in [-0.1, -0.05) is 0 Å². The molecule has 2 aliphatic heterocycles. The van der Waals surface area contributed by atoms with Crippen LogP contribution in [-0.4, -0.2) is 80.7 Å². The number of hydrogen-bond acceptors (Lipinski definition) is 5. The Kier molecular flexibility index (Phi) is 4.07. The van der Waals surface area contributed by atoms with Crippen molar-refractivity contribution < 1.29 is 13.5 Å². The van der Waals surface area contributed by atoms with E-state index in [9.17, 15) is 13.5 Å². The fraction of sp³-hybridized carbons (Fsp3) is 1.00. The fourth-order valence-electron chi connectivity index (χ4n) is 2.57. The summed E-state index contributed by atoms with van der Waals surface area (Å²) < 4.78 is 22.7. The number of nitrogens with zero attached hydrogens (tertiary/aromatic N) is 2. The maximum absolute atomic E-state index is 11.3. The Labute approximate surface area is 103 Å². The second kappa shape index (κ2) is 5.22. The van der Waals surface area contributed by atoms with Gasteiger partial charge in [0.05, 0.1) is 17.6 Å². The van der Waals surface area contributed by atoms with Crippen molar-refractivity contribution in [3.8, 4) is 0 Å². The standard InChI is InChI=1S/C11H22N2O3S/c1-12-3-5-13(6-4-12)8-11(14)10-2-7-17(15,16)9-10/h10-11,14H,2-9H2,1H3. The summed E-state index contributed by atoms with van der Waals surface area (Å²) in [6, 6.07) is 0. The van der Waals surface area contributed by atoms with E-state index in [0.29, 0.717) is 13.0 Å². The van der Waals surface area contributed by atoms with Crippen molar-refractivity contribution in [1.82, 2.24) is 9.80 Å². The zero-order chi connectivity index (χ0) is 12.5. The summed E-state index contributed by atoms with van der Waals surface area (Å²) in [5.74, 6) is 0.360. The summed E-state index contributed by atoms with van der Waals surface area (Å²) in [6.07, 6.45) is 0.132. The lowest BCUT2D eigenvalue weighted by Gasteiger charge is -2.34. The molecule has 0 bridgehead atoms. The lowest BCUT2D eigenvalue weighted by Crippen LogP contribution is -2.48. The van der Waals surface area contributed by atoms with E-state index in [-0.39, 0.29) is 17.4 Å². The smallest absolute Gasteiger partial charge is 0.150 e. The predicted molar refractivity (Wildman–Crippen MR) is 66.7 cm³/mol. The molecule has 0 amide bonds. The second-order valence-corrected chi connectivity index (χ2v) is 7.56. The quantitative estimate of drug-likeness (QED) is 0.709. The van der Waals surface area contributed by atoms with Crippen molar-refractivity contribution in [2.75, 3.05) is 51.3 Å². The number of likely N-dealkylation sites (N-methyl/N-ethyl adjacent to an activating group) is 1. The molecule has 0 aromatic heterocycles. The second-order valence-electron chi connectivity index (χ2n) is 5.33. The van der Waals surface area contributed by atoms with E-state index in [1.54, 1.807) is 0 Å². The van der Waals surface area contributed by atoms with Crippen molar-refractivity contribution in [3.63, 3.8) is 0 Å². The van der Waals surface area contributed by atoms with Gasteiger partial charge in [-0.05, 0) is 13.5 Å². The van der Waals surface area contributed by atoms with E-state index in [1.807, 2.05) is 0 Å². The number of sulfone groups is 1. The lowest BCUT2D eigenvalue weighted by molar-refractivity contribution is 0.0520. The van der Waals surface area contributed by atoms with Crippen LogP contribution in [0.5, 0.6) is 0 Å². The van der Waals surface area contributed by atoms with Crippen LogP contribution in [0.4, 0.5) is 0 Å². The van der Waals surface area contributed by atoms with E-state index in [4.69, 9.17) is 0 Å². The Balaban J connectivity index is 1.79. The van der Waals surface area contributed by atoms with Gasteiger partial charge in [-0.3, -0.25) is 4.90 Å². The maximum Gasteiger partial charge on any atom is 0.150 e. The number of aliphatic hydroxyl groups is 1. The Morgan fingerprint density at radius 1 is 1.29 bits per heavy atom. The van der Waals surface area contributed by atoms with Crippen LogP contribution in [0.1, 0.15) is 6.42 Å². The first-order valence-corrected chi connectivity index (χ1v) is 8.08. The van der Waals surface area contributed by atoms with Crippen LogP contribution in [0.3, 0.4) is 0 Å². The van der Waals surface area contributed by atoms with Crippen LogP contribution in [0.2, 0.25) is 0 Å². The van der Waals surface area contributed by atoms with Gasteiger partial charge in [-0.2, -0.15) is 0 Å². The molecule has 2 atom stereocenters. The largest absolute Gasteiger partial charge is 0.391 e. The molecule has 2 rings (SSSR count). The van der Waals surface area contributed by atoms with Gasteiger partial charge < -0.3 is 10.0 Å². The highest BCUT2D eigenvalue weighted by atomic mass is 32.2. The maximum atomic E-state index is 11.3. The van der Waals surface area contributed by atoms with Gasteiger partial charge in [-0.25, -0.2) is 8.42 Å². The van der Waals surface area contributed by atoms with E-state index in [2.05, 4.69) is 16.8 Å². The van der Waals surface area contributed by atoms with Gasteiger partial charge in [0.25, 0.3) is 0 Å². The molecule has 2 fully saturated rings. The summed E-state index contributed by atoms with van der Waals surface area (Å²) in [4.78, 5) is 4.50. The molecule has 0 aromatic rings. The molecular weight excluding hydrogens is 240 g/mol. The molecule has 2 aliphatic rings. The summed E-state index contributed by atoms with van der Waals surface area (Å²) >= 11 is 0. The molecule has 2 unspecified atom stereocenters. The van der Waals surface area contributed by atoms with Crippen molar-refractivity contribution in [2.24, 2.45) is 5.92 Å². The molecule has 2 saturated heterocycles. The molecule has 0 spiro atoms. The average Bonchev–Trinajstić information content (AvgIpc) is 2.62. The van der Waals surface area contributed by atoms with Gasteiger partial charge in [0, 0.05) is 38.6 Å². The Morgan fingerprint density at radius 2 is 1.94 bits per heavy atom. The van der Waals surface area contributed by atoms with E-state index in [1.165, 1.54) is 0 Å². The lowest BCUT2D eigenvalue weighted by atomic mass is 10.0. The number of β-amino-alcohol motifs (C(OH)–C–C–N with tert-alkyl or cyclic N) is 1. The Bertz CT molecular complexity index is 350. The van der Waals surface area contributed by atoms with E-state index >= 15 is 0 Å². The molecule has 0 radical (unpaired) electrons. The summed E-state index contributed by atoms with van der Waals surface area (Å²) in [6.45, 7) is 4.60. The van der Waals surface area contributed by atoms with Crippen LogP contribution < -0.4 is 0 Å². The Hall–Kier alpha value is -0.170. The summed E-state index contributed by atoms with van der Waals surface area (Å²) in [7, 11) is -0.782. The molecule has 0 aliphatic carbocycles. The van der Waals surface area contributed by atoms with Crippen molar-refractivity contribution in [1.29, 1.82) is 0 Å². The topological polar surface area (TPSA) is 60.9 Å². The third kappa shape index (κ3) is 3.64. The molecule has 100 valence electrons.